The molecule has 1 amide bonds. The Balaban J connectivity index is 1.45. The van der Waals surface area contributed by atoms with Crippen LogP contribution >= 0.6 is 0 Å². The lowest BCUT2D eigenvalue weighted by Crippen LogP contribution is -2.49. The molecule has 0 radical (unpaired) electrons. The standard InChI is InChI=1S/C23H25N5O3S/c1-18-8-9-20(16-21(18)32(30,31)26-17-19-6-3-2-4-7-19)22(29)27-12-14-28(15-13-27)23-24-10-5-11-25-23/h2-11,16,26H,12-15,17H2,1H3. The zero-order valence-corrected chi connectivity index (χ0v) is 18.6. The van der Waals surface area contributed by atoms with E-state index < -0.39 is 10.0 Å². The van der Waals surface area contributed by atoms with Crippen molar-refractivity contribution in [3.8, 4) is 0 Å². The van der Waals surface area contributed by atoms with Gasteiger partial charge in [0.2, 0.25) is 16.0 Å². The molecule has 1 fully saturated rings. The van der Waals surface area contributed by atoms with Crippen molar-refractivity contribution in [1.29, 1.82) is 0 Å². The zero-order valence-electron chi connectivity index (χ0n) is 17.8. The molecule has 1 aromatic heterocycles. The first-order valence-corrected chi connectivity index (χ1v) is 11.9. The van der Waals surface area contributed by atoms with Gasteiger partial charge in [-0.05, 0) is 36.2 Å². The number of sulfonamides is 1. The third-order valence-electron chi connectivity index (χ3n) is 5.44. The molecule has 166 valence electrons. The highest BCUT2D eigenvalue weighted by Crippen LogP contribution is 2.20. The maximum absolute atomic E-state index is 13.1. The van der Waals surface area contributed by atoms with Gasteiger partial charge < -0.3 is 9.80 Å². The van der Waals surface area contributed by atoms with E-state index in [2.05, 4.69) is 14.7 Å². The summed E-state index contributed by atoms with van der Waals surface area (Å²) in [6, 6.07) is 15.9. The van der Waals surface area contributed by atoms with Crippen molar-refractivity contribution in [2.24, 2.45) is 0 Å². The van der Waals surface area contributed by atoms with Gasteiger partial charge in [0.05, 0.1) is 4.90 Å². The summed E-state index contributed by atoms with van der Waals surface area (Å²) in [6.07, 6.45) is 3.39. The SMILES string of the molecule is Cc1ccc(C(=O)N2CCN(c3ncccn3)CC2)cc1S(=O)(=O)NCc1ccccc1. The molecule has 3 aromatic rings. The van der Waals surface area contributed by atoms with Gasteiger partial charge in [-0.1, -0.05) is 36.4 Å². The number of carbonyl (C=O) groups excluding carboxylic acids is 1. The minimum Gasteiger partial charge on any atom is -0.337 e. The Labute approximate surface area is 188 Å². The Hall–Kier alpha value is -3.30. The first-order chi connectivity index (χ1) is 15.4. The summed E-state index contributed by atoms with van der Waals surface area (Å²) in [5, 5.41) is 0. The van der Waals surface area contributed by atoms with Crippen molar-refractivity contribution in [2.75, 3.05) is 31.1 Å². The van der Waals surface area contributed by atoms with Crippen LogP contribution in [0.3, 0.4) is 0 Å². The predicted octanol–water partition coefficient (Wildman–Crippen LogP) is 2.23. The molecule has 2 aromatic carbocycles. The summed E-state index contributed by atoms with van der Waals surface area (Å²) in [5.74, 6) is 0.464. The molecule has 0 saturated carbocycles. The number of rotatable bonds is 6. The Morgan fingerprint density at radius 2 is 1.66 bits per heavy atom. The molecule has 1 N–H and O–H groups in total. The van der Waals surface area contributed by atoms with E-state index in [-0.39, 0.29) is 17.3 Å². The number of amides is 1. The lowest BCUT2D eigenvalue weighted by molar-refractivity contribution is 0.0746. The van der Waals surface area contributed by atoms with Gasteiger partial charge in [0.25, 0.3) is 5.91 Å². The predicted molar refractivity (Wildman–Crippen MR) is 122 cm³/mol. The Morgan fingerprint density at radius 3 is 2.34 bits per heavy atom. The van der Waals surface area contributed by atoms with Crippen LogP contribution < -0.4 is 9.62 Å². The largest absolute Gasteiger partial charge is 0.337 e. The third-order valence-corrected chi connectivity index (χ3v) is 6.98. The van der Waals surface area contributed by atoms with Gasteiger partial charge >= 0.3 is 0 Å². The van der Waals surface area contributed by atoms with Gasteiger partial charge in [-0.3, -0.25) is 4.79 Å². The van der Waals surface area contributed by atoms with E-state index in [0.717, 1.165) is 5.56 Å². The first kappa shape index (κ1) is 21.9. The second kappa shape index (κ2) is 9.46. The maximum atomic E-state index is 13.1. The average Bonchev–Trinajstić information content (AvgIpc) is 2.84. The van der Waals surface area contributed by atoms with Gasteiger partial charge in [0.1, 0.15) is 0 Å². The summed E-state index contributed by atoms with van der Waals surface area (Å²) in [5.41, 5.74) is 1.81. The lowest BCUT2D eigenvalue weighted by Gasteiger charge is -2.34. The van der Waals surface area contributed by atoms with Crippen molar-refractivity contribution in [2.45, 2.75) is 18.4 Å². The molecule has 2 heterocycles. The van der Waals surface area contributed by atoms with Crippen LogP contribution in [0.2, 0.25) is 0 Å². The van der Waals surface area contributed by atoms with Crippen LogP contribution in [0, 0.1) is 6.92 Å². The third kappa shape index (κ3) is 4.95. The molecule has 1 aliphatic rings. The fourth-order valence-electron chi connectivity index (χ4n) is 3.62. The molecule has 1 saturated heterocycles. The van der Waals surface area contributed by atoms with Crippen molar-refractivity contribution in [1.82, 2.24) is 19.6 Å². The smallest absolute Gasteiger partial charge is 0.254 e. The molecule has 4 rings (SSSR count). The molecule has 0 bridgehead atoms. The highest BCUT2D eigenvalue weighted by Gasteiger charge is 2.25. The second-order valence-corrected chi connectivity index (χ2v) is 9.35. The van der Waals surface area contributed by atoms with E-state index in [1.54, 1.807) is 42.4 Å². The molecular weight excluding hydrogens is 426 g/mol. The van der Waals surface area contributed by atoms with Crippen molar-refractivity contribution < 1.29 is 13.2 Å². The number of carbonyl (C=O) groups is 1. The second-order valence-electron chi connectivity index (χ2n) is 7.62. The van der Waals surface area contributed by atoms with Gasteiger partial charge in [-0.15, -0.1) is 0 Å². The number of piperazine rings is 1. The van der Waals surface area contributed by atoms with Crippen LogP contribution in [0.4, 0.5) is 5.95 Å². The molecular formula is C23H25N5O3S. The normalized spacial score (nSPS) is 14.4. The van der Waals surface area contributed by atoms with Gasteiger partial charge in [-0.25, -0.2) is 23.1 Å². The summed E-state index contributed by atoms with van der Waals surface area (Å²) < 4.78 is 28.5. The molecule has 0 atom stereocenters. The molecule has 1 aliphatic heterocycles. The van der Waals surface area contributed by atoms with E-state index in [9.17, 15) is 13.2 Å². The van der Waals surface area contributed by atoms with Crippen LogP contribution in [-0.2, 0) is 16.6 Å². The molecule has 9 heteroatoms. The van der Waals surface area contributed by atoms with Crippen molar-refractivity contribution >= 4 is 21.9 Å². The van der Waals surface area contributed by atoms with E-state index in [1.165, 1.54) is 6.07 Å². The molecule has 8 nitrogen and oxygen atoms in total. The van der Waals surface area contributed by atoms with Crippen LogP contribution in [0.25, 0.3) is 0 Å². The van der Waals surface area contributed by atoms with Gasteiger partial charge in [0, 0.05) is 50.7 Å². The van der Waals surface area contributed by atoms with Crippen molar-refractivity contribution in [3.05, 3.63) is 83.7 Å². The Kier molecular flexibility index (Phi) is 6.48. The number of aromatic nitrogens is 2. The van der Waals surface area contributed by atoms with Crippen LogP contribution in [0.15, 0.2) is 71.9 Å². The number of benzene rings is 2. The molecule has 0 unspecified atom stereocenters. The average molecular weight is 452 g/mol. The maximum Gasteiger partial charge on any atom is 0.254 e. The van der Waals surface area contributed by atoms with Gasteiger partial charge in [-0.2, -0.15) is 0 Å². The lowest BCUT2D eigenvalue weighted by atomic mass is 10.1. The number of hydrogen-bond donors (Lipinski definition) is 1. The monoisotopic (exact) mass is 451 g/mol. The highest BCUT2D eigenvalue weighted by molar-refractivity contribution is 7.89. The quantitative estimate of drug-likeness (QED) is 0.618. The number of nitrogens with zero attached hydrogens (tertiary/aromatic N) is 4. The van der Waals surface area contributed by atoms with Gasteiger partial charge in [0.15, 0.2) is 0 Å². The summed E-state index contributed by atoms with van der Waals surface area (Å²) in [7, 11) is -3.77. The Morgan fingerprint density at radius 1 is 0.969 bits per heavy atom. The fourth-order valence-corrected chi connectivity index (χ4v) is 4.91. The molecule has 0 aliphatic carbocycles. The van der Waals surface area contributed by atoms with E-state index in [0.29, 0.717) is 43.3 Å². The summed E-state index contributed by atoms with van der Waals surface area (Å²) >= 11 is 0. The number of aryl methyl sites for hydroxylation is 1. The van der Waals surface area contributed by atoms with Crippen molar-refractivity contribution in [3.63, 3.8) is 0 Å². The minimum atomic E-state index is -3.77. The minimum absolute atomic E-state index is 0.121. The van der Waals surface area contributed by atoms with Crippen LogP contribution in [-0.4, -0.2) is 55.4 Å². The van der Waals surface area contributed by atoms with Crippen LogP contribution in [0.1, 0.15) is 21.5 Å². The zero-order chi connectivity index (χ0) is 22.6. The fraction of sp³-hybridized carbons (Fsp3) is 0.261. The molecule has 32 heavy (non-hydrogen) atoms. The summed E-state index contributed by atoms with van der Waals surface area (Å²) in [4.78, 5) is 25.5. The molecule has 0 spiro atoms. The summed E-state index contributed by atoms with van der Waals surface area (Å²) in [6.45, 7) is 4.17. The van der Waals surface area contributed by atoms with E-state index >= 15 is 0 Å². The number of anilines is 1. The number of nitrogens with one attached hydrogen (secondary N) is 1. The Bertz CT molecular complexity index is 1180. The highest BCUT2D eigenvalue weighted by atomic mass is 32.2. The van der Waals surface area contributed by atoms with Crippen LogP contribution in [0.5, 0.6) is 0 Å². The van der Waals surface area contributed by atoms with E-state index in [1.807, 2.05) is 35.2 Å². The first-order valence-electron chi connectivity index (χ1n) is 10.4. The van der Waals surface area contributed by atoms with E-state index in [4.69, 9.17) is 0 Å². The topological polar surface area (TPSA) is 95.5 Å². The number of hydrogen-bond acceptors (Lipinski definition) is 6.